The zero-order valence-corrected chi connectivity index (χ0v) is 26.4. The summed E-state index contributed by atoms with van der Waals surface area (Å²) in [6.07, 6.45) is -2.15. The Kier molecular flexibility index (Phi) is 9.04. The fourth-order valence-corrected chi connectivity index (χ4v) is 7.28. The van der Waals surface area contributed by atoms with Gasteiger partial charge in [-0.05, 0) is 66.3 Å². The number of piperidine rings is 1. The third-order valence-electron chi connectivity index (χ3n) is 8.91. The summed E-state index contributed by atoms with van der Waals surface area (Å²) in [5.74, 6) is 1.46. The molecule has 0 bridgehead atoms. The van der Waals surface area contributed by atoms with Crippen molar-refractivity contribution >= 4 is 23.2 Å². The number of ether oxygens (including phenoxy) is 2. The van der Waals surface area contributed by atoms with Crippen molar-refractivity contribution in [3.05, 3.63) is 99.5 Å². The first-order valence-electron chi connectivity index (χ1n) is 15.2. The van der Waals surface area contributed by atoms with Crippen LogP contribution in [-0.2, 0) is 6.18 Å². The van der Waals surface area contributed by atoms with Crippen molar-refractivity contribution in [3.63, 3.8) is 0 Å². The van der Waals surface area contributed by atoms with Gasteiger partial charge < -0.3 is 19.3 Å². The molecule has 1 aromatic heterocycles. The summed E-state index contributed by atoms with van der Waals surface area (Å²) >= 11 is 1.49. The highest BCUT2D eigenvalue weighted by atomic mass is 32.1. The van der Waals surface area contributed by atoms with Crippen LogP contribution in [0.25, 0.3) is 11.1 Å². The van der Waals surface area contributed by atoms with Crippen LogP contribution >= 0.6 is 11.3 Å². The minimum Gasteiger partial charge on any atom is -0.493 e. The van der Waals surface area contributed by atoms with Gasteiger partial charge in [-0.3, -0.25) is 9.59 Å². The number of amides is 2. The molecule has 6 rings (SSSR count). The SMILES string of the molecule is COc1ccc(C2CCN(C(=O)c3csc(C4CCN(C(=O)c5ccccc5-c5ccc(C(F)(F)F)cc5)CC4)n3)C2)cc1OC. The quantitative estimate of drug-likeness (QED) is 0.208. The first-order valence-corrected chi connectivity index (χ1v) is 16.1. The standard InChI is InChI=1S/C35H34F3N3O4S/c1-44-30-12-9-24(19-31(30)45-2)25-15-18-41(20-25)34(43)29-21-46-32(39-29)23-13-16-40(17-14-23)33(42)28-6-4-3-5-27(28)22-7-10-26(11-8-22)35(36,37)38/h3-12,19,21,23,25H,13-18,20H2,1-2H3. The zero-order chi connectivity index (χ0) is 32.4. The number of thiazole rings is 1. The smallest absolute Gasteiger partial charge is 0.416 e. The van der Waals surface area contributed by atoms with Crippen LogP contribution in [0, 0.1) is 0 Å². The molecule has 2 amide bonds. The fraction of sp³-hybridized carbons (Fsp3) is 0.343. The number of carbonyl (C=O) groups is 2. The first-order chi connectivity index (χ1) is 22.2. The maximum absolute atomic E-state index is 13.6. The summed E-state index contributed by atoms with van der Waals surface area (Å²) in [6.45, 7) is 2.30. The number of aromatic nitrogens is 1. The Morgan fingerprint density at radius 1 is 0.826 bits per heavy atom. The highest BCUT2D eigenvalue weighted by molar-refractivity contribution is 7.09. The Hall–Kier alpha value is -4.38. The second-order valence-corrected chi connectivity index (χ2v) is 12.5. The molecule has 1 atom stereocenters. The molecule has 0 radical (unpaired) electrons. The first kappa shape index (κ1) is 31.6. The van der Waals surface area contributed by atoms with Gasteiger partial charge in [-0.2, -0.15) is 13.2 Å². The molecule has 3 aromatic carbocycles. The molecule has 2 saturated heterocycles. The third kappa shape index (κ3) is 6.46. The van der Waals surface area contributed by atoms with E-state index in [0.29, 0.717) is 72.9 Å². The van der Waals surface area contributed by atoms with Crippen LogP contribution in [0.2, 0.25) is 0 Å². The monoisotopic (exact) mass is 649 g/mol. The average Bonchev–Trinajstić information content (AvgIpc) is 3.78. The Morgan fingerprint density at radius 3 is 2.20 bits per heavy atom. The lowest BCUT2D eigenvalue weighted by molar-refractivity contribution is -0.137. The van der Waals surface area contributed by atoms with Crippen molar-refractivity contribution in [2.45, 2.75) is 37.3 Å². The number of hydrogen-bond acceptors (Lipinski definition) is 6. The minimum atomic E-state index is -4.42. The van der Waals surface area contributed by atoms with Crippen LogP contribution in [0.1, 0.15) is 68.1 Å². The Balaban J connectivity index is 1.07. The third-order valence-corrected chi connectivity index (χ3v) is 9.91. The molecule has 0 aliphatic carbocycles. The molecule has 3 heterocycles. The maximum atomic E-state index is 13.6. The summed E-state index contributed by atoms with van der Waals surface area (Å²) in [7, 11) is 3.22. The Bertz CT molecular complexity index is 1710. The van der Waals surface area contributed by atoms with Crippen molar-refractivity contribution in [2.24, 2.45) is 0 Å². The predicted octanol–water partition coefficient (Wildman–Crippen LogP) is 7.50. The summed E-state index contributed by atoms with van der Waals surface area (Å²) in [5, 5.41) is 2.73. The van der Waals surface area contributed by atoms with Crippen LogP contribution in [-0.4, -0.2) is 67.0 Å². The largest absolute Gasteiger partial charge is 0.493 e. The predicted molar refractivity (Wildman–Crippen MR) is 170 cm³/mol. The molecule has 2 aliphatic rings. The van der Waals surface area contributed by atoms with E-state index in [4.69, 9.17) is 14.5 Å². The molecule has 1 unspecified atom stereocenters. The molecular weight excluding hydrogens is 615 g/mol. The summed E-state index contributed by atoms with van der Waals surface area (Å²) in [5.41, 5.74) is 2.45. The minimum absolute atomic E-state index is 0.0713. The number of carbonyl (C=O) groups excluding carboxylic acids is 2. The van der Waals surface area contributed by atoms with Gasteiger partial charge in [0.25, 0.3) is 11.8 Å². The van der Waals surface area contributed by atoms with Crippen molar-refractivity contribution in [1.82, 2.24) is 14.8 Å². The molecule has 0 spiro atoms. The molecule has 0 N–H and O–H groups in total. The molecule has 2 fully saturated rings. The fourth-order valence-electron chi connectivity index (χ4n) is 6.32. The zero-order valence-electron chi connectivity index (χ0n) is 25.5. The Morgan fingerprint density at radius 2 is 1.50 bits per heavy atom. The number of alkyl halides is 3. The summed E-state index contributed by atoms with van der Waals surface area (Å²) < 4.78 is 50.0. The second kappa shape index (κ2) is 13.2. The van der Waals surface area contributed by atoms with Gasteiger partial charge in [-0.25, -0.2) is 4.98 Å². The molecule has 240 valence electrons. The van der Waals surface area contributed by atoms with E-state index in [0.717, 1.165) is 29.1 Å². The van der Waals surface area contributed by atoms with E-state index in [2.05, 4.69) is 0 Å². The van der Waals surface area contributed by atoms with Gasteiger partial charge in [0.1, 0.15) is 5.69 Å². The van der Waals surface area contributed by atoms with Gasteiger partial charge >= 0.3 is 6.18 Å². The Labute approximate surface area is 269 Å². The van der Waals surface area contributed by atoms with E-state index in [1.165, 1.54) is 23.5 Å². The molecule has 46 heavy (non-hydrogen) atoms. The lowest BCUT2D eigenvalue weighted by Crippen LogP contribution is -2.38. The van der Waals surface area contributed by atoms with Crippen LogP contribution in [0.3, 0.4) is 0 Å². The van der Waals surface area contributed by atoms with Crippen LogP contribution in [0.4, 0.5) is 13.2 Å². The number of hydrogen-bond donors (Lipinski definition) is 0. The lowest BCUT2D eigenvalue weighted by Gasteiger charge is -2.31. The van der Waals surface area contributed by atoms with Crippen LogP contribution < -0.4 is 9.47 Å². The van der Waals surface area contributed by atoms with E-state index in [1.807, 2.05) is 28.5 Å². The topological polar surface area (TPSA) is 72.0 Å². The van der Waals surface area contributed by atoms with Crippen molar-refractivity contribution in [2.75, 3.05) is 40.4 Å². The van der Waals surface area contributed by atoms with Gasteiger partial charge in [0, 0.05) is 49.0 Å². The van der Waals surface area contributed by atoms with Crippen molar-refractivity contribution < 1.29 is 32.2 Å². The highest BCUT2D eigenvalue weighted by Crippen LogP contribution is 2.37. The van der Waals surface area contributed by atoms with Gasteiger partial charge in [-0.15, -0.1) is 11.3 Å². The van der Waals surface area contributed by atoms with E-state index in [-0.39, 0.29) is 23.7 Å². The van der Waals surface area contributed by atoms with Crippen LogP contribution in [0.5, 0.6) is 11.5 Å². The number of halogens is 3. The lowest BCUT2D eigenvalue weighted by atomic mass is 9.94. The molecule has 11 heteroatoms. The average molecular weight is 650 g/mol. The summed E-state index contributed by atoms with van der Waals surface area (Å²) in [4.78, 5) is 35.3. The maximum Gasteiger partial charge on any atom is 0.416 e. The molecule has 4 aromatic rings. The summed E-state index contributed by atoms with van der Waals surface area (Å²) in [6, 6.07) is 17.8. The number of benzene rings is 3. The van der Waals surface area contributed by atoms with Crippen LogP contribution in [0.15, 0.2) is 72.1 Å². The molecular formula is C35H34F3N3O4S. The van der Waals surface area contributed by atoms with E-state index in [9.17, 15) is 22.8 Å². The van der Waals surface area contributed by atoms with Gasteiger partial charge in [-0.1, -0.05) is 36.4 Å². The number of nitrogens with zero attached hydrogens (tertiary/aromatic N) is 3. The van der Waals surface area contributed by atoms with Gasteiger partial charge in [0.05, 0.1) is 24.8 Å². The van der Waals surface area contributed by atoms with Crippen molar-refractivity contribution in [1.29, 1.82) is 0 Å². The second-order valence-electron chi connectivity index (χ2n) is 11.6. The number of likely N-dealkylation sites (tertiary alicyclic amines) is 2. The highest BCUT2D eigenvalue weighted by Gasteiger charge is 2.33. The number of methoxy groups -OCH3 is 2. The van der Waals surface area contributed by atoms with E-state index < -0.39 is 11.7 Å². The van der Waals surface area contributed by atoms with Gasteiger partial charge in [0.15, 0.2) is 11.5 Å². The number of rotatable bonds is 7. The normalized spacial score (nSPS) is 17.3. The molecule has 2 aliphatic heterocycles. The van der Waals surface area contributed by atoms with E-state index in [1.54, 1.807) is 43.4 Å². The van der Waals surface area contributed by atoms with E-state index >= 15 is 0 Å². The van der Waals surface area contributed by atoms with Crippen molar-refractivity contribution in [3.8, 4) is 22.6 Å². The molecule has 7 nitrogen and oxygen atoms in total. The molecule has 0 saturated carbocycles. The van der Waals surface area contributed by atoms with Gasteiger partial charge in [0.2, 0.25) is 0 Å².